The van der Waals surface area contributed by atoms with E-state index in [-0.39, 0.29) is 12.5 Å². The van der Waals surface area contributed by atoms with Crippen LogP contribution in [0, 0.1) is 35.0 Å². The van der Waals surface area contributed by atoms with Crippen LogP contribution in [0.3, 0.4) is 0 Å². The number of rotatable bonds is 4. The van der Waals surface area contributed by atoms with Crippen LogP contribution in [0.2, 0.25) is 0 Å². The van der Waals surface area contributed by atoms with Crippen molar-refractivity contribution >= 4 is 5.69 Å². The monoisotopic (exact) mass is 308 g/mol. The Hall–Kier alpha value is -1.37. The first-order valence-corrected chi connectivity index (χ1v) is 6.95. The molecule has 0 amide bonds. The summed E-state index contributed by atoms with van der Waals surface area (Å²) in [5.41, 5.74) is 4.60. The number of anilines is 1. The molecule has 0 spiro atoms. The van der Waals surface area contributed by atoms with Crippen LogP contribution in [-0.2, 0) is 0 Å². The molecule has 0 aliphatic heterocycles. The molecule has 1 aliphatic carbocycles. The molecular formula is C14H17F5N2. The van der Waals surface area contributed by atoms with Crippen molar-refractivity contribution in [3.63, 3.8) is 0 Å². The first kappa shape index (κ1) is 16.0. The van der Waals surface area contributed by atoms with Gasteiger partial charge in [-0.15, -0.1) is 0 Å². The Morgan fingerprint density at radius 1 is 0.857 bits per heavy atom. The van der Waals surface area contributed by atoms with E-state index in [2.05, 4.69) is 5.32 Å². The maximum atomic E-state index is 13.6. The minimum absolute atomic E-state index is 0.0597. The summed E-state index contributed by atoms with van der Waals surface area (Å²) in [5.74, 6) is -9.68. The number of nitrogens with two attached hydrogens (primary N) is 1. The number of nitrogens with one attached hydrogen (secondary N) is 1. The van der Waals surface area contributed by atoms with E-state index in [1.807, 2.05) is 0 Å². The van der Waals surface area contributed by atoms with Gasteiger partial charge in [0, 0.05) is 12.6 Å². The van der Waals surface area contributed by atoms with E-state index in [1.165, 1.54) is 0 Å². The SMILES string of the molecule is NCC(Nc1c(F)c(F)c(F)c(F)c1F)C1CCCCC1. The van der Waals surface area contributed by atoms with E-state index < -0.39 is 40.8 Å². The quantitative estimate of drug-likeness (QED) is 0.505. The standard InChI is InChI=1S/C14H17F5N2/c15-9-10(16)12(18)14(13(19)11(9)17)21-8(6-20)7-4-2-1-3-5-7/h7-8,21H,1-6,20H2. The summed E-state index contributed by atoms with van der Waals surface area (Å²) in [6.07, 6.45) is 4.67. The molecule has 1 fully saturated rings. The Labute approximate surface area is 119 Å². The van der Waals surface area contributed by atoms with Crippen molar-refractivity contribution in [1.29, 1.82) is 0 Å². The average Bonchev–Trinajstić information content (AvgIpc) is 2.52. The van der Waals surface area contributed by atoms with Gasteiger partial charge in [-0.05, 0) is 18.8 Å². The average molecular weight is 308 g/mol. The predicted molar refractivity (Wildman–Crippen MR) is 69.3 cm³/mol. The minimum Gasteiger partial charge on any atom is -0.376 e. The summed E-state index contributed by atoms with van der Waals surface area (Å²) in [4.78, 5) is 0. The summed E-state index contributed by atoms with van der Waals surface area (Å²) >= 11 is 0. The van der Waals surface area contributed by atoms with Gasteiger partial charge >= 0.3 is 0 Å². The fourth-order valence-corrected chi connectivity index (χ4v) is 2.82. The van der Waals surface area contributed by atoms with Gasteiger partial charge in [0.05, 0.1) is 0 Å². The smallest absolute Gasteiger partial charge is 0.200 e. The Kier molecular flexibility index (Phi) is 5.03. The van der Waals surface area contributed by atoms with Crippen LogP contribution in [0.5, 0.6) is 0 Å². The topological polar surface area (TPSA) is 38.0 Å². The zero-order valence-corrected chi connectivity index (χ0v) is 11.4. The number of benzene rings is 1. The van der Waals surface area contributed by atoms with Crippen LogP contribution >= 0.6 is 0 Å². The van der Waals surface area contributed by atoms with Gasteiger partial charge in [-0.25, -0.2) is 22.0 Å². The second-order valence-corrected chi connectivity index (χ2v) is 5.33. The third-order valence-corrected chi connectivity index (χ3v) is 4.01. The summed E-state index contributed by atoms with van der Waals surface area (Å²) in [6.45, 7) is 0.0597. The molecule has 1 aromatic rings. The highest BCUT2D eigenvalue weighted by Crippen LogP contribution is 2.31. The van der Waals surface area contributed by atoms with Gasteiger partial charge in [-0.1, -0.05) is 19.3 Å². The molecule has 118 valence electrons. The molecule has 21 heavy (non-hydrogen) atoms. The zero-order chi connectivity index (χ0) is 15.6. The van der Waals surface area contributed by atoms with Crippen LogP contribution in [-0.4, -0.2) is 12.6 Å². The van der Waals surface area contributed by atoms with Crippen LogP contribution in [0.4, 0.5) is 27.6 Å². The molecule has 0 bridgehead atoms. The molecule has 7 heteroatoms. The van der Waals surface area contributed by atoms with Crippen LogP contribution < -0.4 is 11.1 Å². The third-order valence-electron chi connectivity index (χ3n) is 4.01. The van der Waals surface area contributed by atoms with Gasteiger partial charge in [-0.3, -0.25) is 0 Å². The normalized spacial score (nSPS) is 17.8. The van der Waals surface area contributed by atoms with Gasteiger partial charge in [0.15, 0.2) is 23.3 Å². The Morgan fingerprint density at radius 2 is 1.33 bits per heavy atom. The fraction of sp³-hybridized carbons (Fsp3) is 0.571. The summed E-state index contributed by atoms with van der Waals surface area (Å²) in [7, 11) is 0. The second kappa shape index (κ2) is 6.60. The number of hydrogen-bond acceptors (Lipinski definition) is 2. The molecule has 1 atom stereocenters. The van der Waals surface area contributed by atoms with Gasteiger partial charge in [-0.2, -0.15) is 0 Å². The van der Waals surface area contributed by atoms with Crippen molar-refractivity contribution in [1.82, 2.24) is 0 Å². The molecule has 1 aromatic carbocycles. The lowest BCUT2D eigenvalue weighted by Gasteiger charge is -2.31. The van der Waals surface area contributed by atoms with Crippen molar-refractivity contribution in [3.8, 4) is 0 Å². The highest BCUT2D eigenvalue weighted by Gasteiger charge is 2.29. The Balaban J connectivity index is 2.29. The molecular weight excluding hydrogens is 291 g/mol. The maximum Gasteiger partial charge on any atom is 0.200 e. The van der Waals surface area contributed by atoms with Gasteiger partial charge < -0.3 is 11.1 Å². The van der Waals surface area contributed by atoms with Crippen molar-refractivity contribution in [2.24, 2.45) is 11.7 Å². The summed E-state index contributed by atoms with van der Waals surface area (Å²) < 4.78 is 66.6. The summed E-state index contributed by atoms with van der Waals surface area (Å²) in [5, 5.41) is 2.42. The second-order valence-electron chi connectivity index (χ2n) is 5.33. The first-order chi connectivity index (χ1) is 9.97. The van der Waals surface area contributed by atoms with Crippen molar-refractivity contribution in [2.75, 3.05) is 11.9 Å². The molecule has 1 unspecified atom stereocenters. The Bertz CT molecular complexity index is 486. The molecule has 2 rings (SSSR count). The van der Waals surface area contributed by atoms with E-state index in [0.717, 1.165) is 32.1 Å². The van der Waals surface area contributed by atoms with Crippen LogP contribution in [0.15, 0.2) is 0 Å². The van der Waals surface area contributed by atoms with E-state index in [1.54, 1.807) is 0 Å². The molecule has 0 radical (unpaired) electrons. The van der Waals surface area contributed by atoms with Crippen LogP contribution in [0.25, 0.3) is 0 Å². The summed E-state index contributed by atoms with van der Waals surface area (Å²) in [6, 6.07) is -0.515. The largest absolute Gasteiger partial charge is 0.376 e. The zero-order valence-electron chi connectivity index (χ0n) is 11.4. The highest BCUT2D eigenvalue weighted by atomic mass is 19.2. The molecule has 2 nitrogen and oxygen atoms in total. The number of halogens is 5. The Morgan fingerprint density at radius 3 is 1.81 bits per heavy atom. The van der Waals surface area contributed by atoms with Crippen molar-refractivity contribution < 1.29 is 22.0 Å². The van der Waals surface area contributed by atoms with Gasteiger partial charge in [0.1, 0.15) is 5.69 Å². The van der Waals surface area contributed by atoms with Gasteiger partial charge in [0.2, 0.25) is 5.82 Å². The molecule has 3 N–H and O–H groups in total. The van der Waals surface area contributed by atoms with Gasteiger partial charge in [0.25, 0.3) is 0 Å². The minimum atomic E-state index is -2.16. The molecule has 1 aliphatic rings. The van der Waals surface area contributed by atoms with Crippen molar-refractivity contribution in [3.05, 3.63) is 29.1 Å². The lowest BCUT2D eigenvalue weighted by Crippen LogP contribution is -2.38. The highest BCUT2D eigenvalue weighted by molar-refractivity contribution is 5.48. The van der Waals surface area contributed by atoms with Crippen molar-refractivity contribution in [2.45, 2.75) is 38.1 Å². The fourth-order valence-electron chi connectivity index (χ4n) is 2.82. The third kappa shape index (κ3) is 3.12. The van der Waals surface area contributed by atoms with E-state index >= 15 is 0 Å². The lowest BCUT2D eigenvalue weighted by molar-refractivity contribution is 0.317. The number of hydrogen-bond donors (Lipinski definition) is 2. The first-order valence-electron chi connectivity index (χ1n) is 6.95. The molecule has 1 saturated carbocycles. The molecule has 0 aromatic heterocycles. The lowest BCUT2D eigenvalue weighted by atomic mass is 9.84. The molecule has 0 saturated heterocycles. The molecule has 0 heterocycles. The van der Waals surface area contributed by atoms with E-state index in [4.69, 9.17) is 5.73 Å². The van der Waals surface area contributed by atoms with Crippen LogP contribution in [0.1, 0.15) is 32.1 Å². The van der Waals surface area contributed by atoms with E-state index in [0.29, 0.717) is 0 Å². The predicted octanol–water partition coefficient (Wildman–Crippen LogP) is 3.70. The maximum absolute atomic E-state index is 13.6. The van der Waals surface area contributed by atoms with E-state index in [9.17, 15) is 22.0 Å².